The summed E-state index contributed by atoms with van der Waals surface area (Å²) >= 11 is 1.85. The Hall–Kier alpha value is -1.40. The van der Waals surface area contributed by atoms with Gasteiger partial charge >= 0.3 is 5.97 Å². The van der Waals surface area contributed by atoms with Gasteiger partial charge in [-0.2, -0.15) is 11.8 Å². The van der Waals surface area contributed by atoms with Crippen molar-refractivity contribution in [2.24, 2.45) is 0 Å². The highest BCUT2D eigenvalue weighted by Crippen LogP contribution is 2.34. The predicted octanol–water partition coefficient (Wildman–Crippen LogP) is 1.88. The van der Waals surface area contributed by atoms with Crippen molar-refractivity contribution >= 4 is 17.7 Å². The van der Waals surface area contributed by atoms with Crippen LogP contribution < -0.4 is 9.47 Å². The number of carbonyl (C=O) groups is 1. The van der Waals surface area contributed by atoms with E-state index in [1.54, 1.807) is 32.4 Å². The molecule has 0 unspecified atom stereocenters. The van der Waals surface area contributed by atoms with Gasteiger partial charge in [-0.15, -0.1) is 0 Å². The van der Waals surface area contributed by atoms with Crippen molar-refractivity contribution in [1.29, 1.82) is 0 Å². The Balaban J connectivity index is 2.39. The van der Waals surface area contributed by atoms with Crippen LogP contribution >= 0.6 is 11.8 Å². The van der Waals surface area contributed by atoms with Gasteiger partial charge in [-0.3, -0.25) is 9.69 Å². The number of hydrogen-bond acceptors (Lipinski definition) is 5. The Morgan fingerprint density at radius 2 is 2.00 bits per heavy atom. The summed E-state index contributed by atoms with van der Waals surface area (Å²) in [5.41, 5.74) is 0.645. The fraction of sp³-hybridized carbons (Fsp3) is 0.500. The lowest BCUT2D eigenvalue weighted by atomic mass is 10.0. The third kappa shape index (κ3) is 3.19. The predicted molar refractivity (Wildman–Crippen MR) is 78.8 cm³/mol. The molecular weight excluding hydrogens is 278 g/mol. The fourth-order valence-corrected chi connectivity index (χ4v) is 3.31. The first kappa shape index (κ1) is 15.0. The van der Waals surface area contributed by atoms with Crippen LogP contribution in [0.5, 0.6) is 11.5 Å². The van der Waals surface area contributed by atoms with E-state index in [4.69, 9.17) is 9.47 Å². The fourth-order valence-electron chi connectivity index (χ4n) is 2.37. The molecule has 2 rings (SSSR count). The second-order valence-electron chi connectivity index (χ2n) is 4.50. The topological polar surface area (TPSA) is 59.0 Å². The highest BCUT2D eigenvalue weighted by molar-refractivity contribution is 7.99. The Morgan fingerprint density at radius 1 is 1.30 bits per heavy atom. The maximum atomic E-state index is 11.7. The number of benzene rings is 1. The van der Waals surface area contributed by atoms with Crippen molar-refractivity contribution in [3.05, 3.63) is 23.8 Å². The Kier molecular flexibility index (Phi) is 5.14. The quantitative estimate of drug-likeness (QED) is 0.895. The van der Waals surface area contributed by atoms with Crippen LogP contribution in [-0.4, -0.2) is 54.8 Å². The summed E-state index contributed by atoms with van der Waals surface area (Å²) in [6.07, 6.45) is 0. The number of aliphatic carboxylic acids is 1. The highest BCUT2D eigenvalue weighted by atomic mass is 32.2. The first-order valence-corrected chi connectivity index (χ1v) is 7.59. The lowest BCUT2D eigenvalue weighted by Crippen LogP contribution is -2.40. The lowest BCUT2D eigenvalue weighted by Gasteiger charge is -2.32. The van der Waals surface area contributed by atoms with Crippen LogP contribution in [0.25, 0.3) is 0 Å². The molecule has 0 bridgehead atoms. The van der Waals surface area contributed by atoms with Gasteiger partial charge in [-0.25, -0.2) is 0 Å². The summed E-state index contributed by atoms with van der Waals surface area (Å²) in [5.74, 6) is 2.27. The molecule has 1 N–H and O–H groups in total. The maximum absolute atomic E-state index is 11.7. The number of thioether (sulfide) groups is 1. The summed E-state index contributed by atoms with van der Waals surface area (Å²) in [6, 6.07) is 4.58. The molecule has 0 aliphatic carbocycles. The molecule has 1 aliphatic rings. The van der Waals surface area contributed by atoms with E-state index in [9.17, 15) is 9.90 Å². The van der Waals surface area contributed by atoms with Crippen molar-refractivity contribution in [3.63, 3.8) is 0 Å². The van der Waals surface area contributed by atoms with Gasteiger partial charge in [0.1, 0.15) is 17.5 Å². The van der Waals surface area contributed by atoms with E-state index < -0.39 is 12.0 Å². The minimum absolute atomic E-state index is 0.580. The number of nitrogens with zero attached hydrogens (tertiary/aromatic N) is 1. The molecule has 0 spiro atoms. The molecule has 1 fully saturated rings. The van der Waals surface area contributed by atoms with Crippen LogP contribution in [0.3, 0.4) is 0 Å². The lowest BCUT2D eigenvalue weighted by molar-refractivity contribution is -0.143. The molecular formula is C14H19NO4S. The normalized spacial score (nSPS) is 17.5. The van der Waals surface area contributed by atoms with Crippen LogP contribution in [0.4, 0.5) is 0 Å². The first-order valence-electron chi connectivity index (χ1n) is 6.44. The maximum Gasteiger partial charge on any atom is 0.325 e. The Morgan fingerprint density at radius 3 is 2.55 bits per heavy atom. The third-order valence-electron chi connectivity index (χ3n) is 3.38. The molecule has 20 heavy (non-hydrogen) atoms. The van der Waals surface area contributed by atoms with Gasteiger partial charge in [0.15, 0.2) is 0 Å². The Labute approximate surface area is 122 Å². The first-order chi connectivity index (χ1) is 9.67. The molecule has 1 aromatic carbocycles. The Bertz CT molecular complexity index is 474. The van der Waals surface area contributed by atoms with Crippen molar-refractivity contribution in [2.75, 3.05) is 38.8 Å². The average Bonchev–Trinajstić information content (AvgIpc) is 2.48. The summed E-state index contributed by atoms with van der Waals surface area (Å²) in [7, 11) is 3.12. The number of ether oxygens (including phenoxy) is 2. The van der Waals surface area contributed by atoms with Crippen molar-refractivity contribution < 1.29 is 19.4 Å². The smallest absolute Gasteiger partial charge is 0.325 e. The monoisotopic (exact) mass is 297 g/mol. The van der Waals surface area contributed by atoms with Crippen LogP contribution in [-0.2, 0) is 4.79 Å². The van der Waals surface area contributed by atoms with Gasteiger partial charge in [-0.05, 0) is 18.2 Å². The third-order valence-corrected chi connectivity index (χ3v) is 4.32. The van der Waals surface area contributed by atoms with E-state index in [1.807, 2.05) is 16.7 Å². The molecule has 0 radical (unpaired) electrons. The standard InChI is InChI=1S/C14H19NO4S/c1-18-10-3-4-12(19-2)11(9-10)13(14(16)17)15-5-7-20-8-6-15/h3-4,9,13H,5-8H2,1-2H3,(H,16,17)/t13-/m0/s1. The molecule has 1 aliphatic heterocycles. The van der Waals surface area contributed by atoms with Crippen LogP contribution in [0, 0.1) is 0 Å². The zero-order valence-corrected chi connectivity index (χ0v) is 12.5. The van der Waals surface area contributed by atoms with Crippen LogP contribution in [0.1, 0.15) is 11.6 Å². The van der Waals surface area contributed by atoms with Gasteiger partial charge < -0.3 is 14.6 Å². The van der Waals surface area contributed by atoms with E-state index >= 15 is 0 Å². The number of carboxylic acid groups (broad SMARTS) is 1. The largest absolute Gasteiger partial charge is 0.497 e. The second-order valence-corrected chi connectivity index (χ2v) is 5.72. The van der Waals surface area contributed by atoms with Crippen molar-refractivity contribution in [3.8, 4) is 11.5 Å². The van der Waals surface area contributed by atoms with Gasteiger partial charge in [0, 0.05) is 30.2 Å². The van der Waals surface area contributed by atoms with E-state index in [1.165, 1.54) is 0 Å². The summed E-state index contributed by atoms with van der Waals surface area (Å²) in [5, 5.41) is 9.62. The molecule has 0 saturated carbocycles. The van der Waals surface area contributed by atoms with Crippen LogP contribution in [0.2, 0.25) is 0 Å². The van der Waals surface area contributed by atoms with Gasteiger partial charge in [0.2, 0.25) is 0 Å². The van der Waals surface area contributed by atoms with Crippen molar-refractivity contribution in [2.45, 2.75) is 6.04 Å². The zero-order valence-electron chi connectivity index (χ0n) is 11.7. The zero-order chi connectivity index (χ0) is 14.5. The number of hydrogen-bond donors (Lipinski definition) is 1. The molecule has 0 amide bonds. The van der Waals surface area contributed by atoms with E-state index in [0.29, 0.717) is 17.1 Å². The number of rotatable bonds is 5. The molecule has 110 valence electrons. The van der Waals surface area contributed by atoms with Crippen LogP contribution in [0.15, 0.2) is 18.2 Å². The van der Waals surface area contributed by atoms with E-state index in [2.05, 4.69) is 0 Å². The van der Waals surface area contributed by atoms with E-state index in [-0.39, 0.29) is 0 Å². The van der Waals surface area contributed by atoms with Gasteiger partial charge in [0.25, 0.3) is 0 Å². The number of carboxylic acids is 1. The summed E-state index contributed by atoms with van der Waals surface area (Å²) in [6.45, 7) is 1.53. The summed E-state index contributed by atoms with van der Waals surface area (Å²) < 4.78 is 10.5. The molecule has 1 atom stereocenters. The molecule has 0 aromatic heterocycles. The van der Waals surface area contributed by atoms with Crippen molar-refractivity contribution in [1.82, 2.24) is 4.90 Å². The highest BCUT2D eigenvalue weighted by Gasteiger charge is 2.31. The second kappa shape index (κ2) is 6.85. The van der Waals surface area contributed by atoms with Gasteiger partial charge in [0.05, 0.1) is 14.2 Å². The molecule has 1 heterocycles. The SMILES string of the molecule is COc1ccc(OC)c([C@@H](C(=O)O)N2CCSCC2)c1. The minimum Gasteiger partial charge on any atom is -0.497 e. The molecule has 1 saturated heterocycles. The number of methoxy groups -OCH3 is 2. The average molecular weight is 297 g/mol. The van der Waals surface area contributed by atoms with E-state index in [0.717, 1.165) is 24.6 Å². The minimum atomic E-state index is -0.858. The van der Waals surface area contributed by atoms with Gasteiger partial charge in [-0.1, -0.05) is 0 Å². The molecule has 6 heteroatoms. The summed E-state index contributed by atoms with van der Waals surface area (Å²) in [4.78, 5) is 13.7. The molecule has 5 nitrogen and oxygen atoms in total. The molecule has 1 aromatic rings.